The number of urea groups is 1. The van der Waals surface area contributed by atoms with E-state index in [0.717, 1.165) is 5.56 Å². The first-order valence-electron chi connectivity index (χ1n) is 7.98. The molecular formula is C18H29N3O3. The molecule has 0 saturated heterocycles. The highest BCUT2D eigenvalue weighted by molar-refractivity contribution is 5.90. The lowest BCUT2D eigenvalue weighted by Crippen LogP contribution is -2.43. The third-order valence-electron chi connectivity index (χ3n) is 2.87. The van der Waals surface area contributed by atoms with Gasteiger partial charge in [-0.1, -0.05) is 18.2 Å². The Labute approximate surface area is 144 Å². The van der Waals surface area contributed by atoms with Gasteiger partial charge in [0, 0.05) is 18.3 Å². The largest absolute Gasteiger partial charge is 0.444 e. The summed E-state index contributed by atoms with van der Waals surface area (Å²) in [4.78, 5) is 25.6. The molecule has 6 heteroatoms. The summed E-state index contributed by atoms with van der Waals surface area (Å²) < 4.78 is 5.35. The van der Waals surface area contributed by atoms with Gasteiger partial charge >= 0.3 is 12.1 Å². The van der Waals surface area contributed by atoms with Crippen LogP contribution in [0.15, 0.2) is 24.3 Å². The van der Waals surface area contributed by atoms with Crippen LogP contribution < -0.4 is 10.6 Å². The van der Waals surface area contributed by atoms with Crippen LogP contribution in [0.25, 0.3) is 0 Å². The number of nitrogens with one attached hydrogen (secondary N) is 2. The average molecular weight is 335 g/mol. The van der Waals surface area contributed by atoms with Crippen LogP contribution in [-0.2, 0) is 11.3 Å². The molecule has 6 nitrogen and oxygen atoms in total. The maximum Gasteiger partial charge on any atom is 0.410 e. The molecule has 0 fully saturated rings. The maximum absolute atomic E-state index is 12.1. The van der Waals surface area contributed by atoms with Gasteiger partial charge in [-0.25, -0.2) is 9.59 Å². The van der Waals surface area contributed by atoms with E-state index in [1.807, 2.05) is 59.7 Å². The second-order valence-electron chi connectivity index (χ2n) is 7.82. The Morgan fingerprint density at radius 2 is 1.67 bits per heavy atom. The molecule has 0 atom stereocenters. The molecule has 24 heavy (non-hydrogen) atoms. The minimum atomic E-state index is -0.546. The molecule has 0 bridgehead atoms. The van der Waals surface area contributed by atoms with Crippen LogP contribution in [0.5, 0.6) is 0 Å². The highest BCUT2D eigenvalue weighted by Gasteiger charge is 2.21. The number of benzene rings is 1. The van der Waals surface area contributed by atoms with Crippen LogP contribution in [0.4, 0.5) is 15.3 Å². The summed E-state index contributed by atoms with van der Waals surface area (Å²) in [6, 6.07) is 7.10. The Bertz CT molecular complexity index is 586. The summed E-state index contributed by atoms with van der Waals surface area (Å²) in [6.45, 7) is 11.5. The van der Waals surface area contributed by atoms with Crippen molar-refractivity contribution in [3.05, 3.63) is 29.8 Å². The summed E-state index contributed by atoms with van der Waals surface area (Å²) in [6.07, 6.45) is -0.406. The summed E-state index contributed by atoms with van der Waals surface area (Å²) in [5.74, 6) is 0. The number of carbonyl (C=O) groups is 2. The first kappa shape index (κ1) is 19.8. The molecule has 3 amide bonds. The normalized spacial score (nSPS) is 11.6. The Hall–Kier alpha value is -2.24. The van der Waals surface area contributed by atoms with E-state index in [2.05, 4.69) is 10.6 Å². The van der Waals surface area contributed by atoms with Crippen LogP contribution in [0.2, 0.25) is 0 Å². The first-order valence-corrected chi connectivity index (χ1v) is 7.98. The zero-order chi connectivity index (χ0) is 18.5. The van der Waals surface area contributed by atoms with E-state index in [1.54, 1.807) is 13.1 Å². The predicted molar refractivity (Wildman–Crippen MR) is 96.1 cm³/mol. The number of ether oxygens (including phenoxy) is 1. The first-order chi connectivity index (χ1) is 10.9. The minimum absolute atomic E-state index is 0.283. The van der Waals surface area contributed by atoms with E-state index >= 15 is 0 Å². The average Bonchev–Trinajstić information content (AvgIpc) is 2.36. The molecule has 1 aromatic carbocycles. The number of carbonyl (C=O) groups excluding carboxylic acids is 2. The fourth-order valence-corrected chi connectivity index (χ4v) is 1.93. The Morgan fingerprint density at radius 1 is 1.08 bits per heavy atom. The van der Waals surface area contributed by atoms with Crippen molar-refractivity contribution in [1.82, 2.24) is 10.2 Å². The molecule has 134 valence electrons. The Balaban J connectivity index is 2.79. The smallest absolute Gasteiger partial charge is 0.410 e. The number of rotatable bonds is 3. The number of anilines is 1. The Morgan fingerprint density at radius 3 is 2.21 bits per heavy atom. The second-order valence-corrected chi connectivity index (χ2v) is 7.82. The van der Waals surface area contributed by atoms with Crippen molar-refractivity contribution in [2.24, 2.45) is 0 Å². The zero-order valence-electron chi connectivity index (χ0n) is 15.7. The van der Waals surface area contributed by atoms with E-state index in [9.17, 15) is 9.59 Å². The Kier molecular flexibility index (Phi) is 6.23. The second kappa shape index (κ2) is 7.55. The fourth-order valence-electron chi connectivity index (χ4n) is 1.93. The van der Waals surface area contributed by atoms with Crippen molar-refractivity contribution in [3.8, 4) is 0 Å². The van der Waals surface area contributed by atoms with Gasteiger partial charge in [0.05, 0.1) is 6.54 Å². The minimum Gasteiger partial charge on any atom is -0.444 e. The van der Waals surface area contributed by atoms with Gasteiger partial charge in [-0.15, -0.1) is 0 Å². The summed E-state index contributed by atoms with van der Waals surface area (Å²) in [7, 11) is 1.67. The zero-order valence-corrected chi connectivity index (χ0v) is 15.7. The molecule has 1 aromatic rings. The quantitative estimate of drug-likeness (QED) is 0.878. The van der Waals surface area contributed by atoms with Crippen molar-refractivity contribution in [1.29, 1.82) is 0 Å². The van der Waals surface area contributed by atoms with Crippen LogP contribution in [0.1, 0.15) is 47.1 Å². The standard InChI is InChI=1S/C18H29N3O3/c1-17(2,3)20-15(22)19-14-11-9-8-10-13(14)12-21(7)16(23)24-18(4,5)6/h8-11H,12H2,1-7H3,(H2,19,20,22). The van der Waals surface area contributed by atoms with Crippen molar-refractivity contribution in [2.75, 3.05) is 12.4 Å². The van der Waals surface area contributed by atoms with Crippen LogP contribution in [-0.4, -0.2) is 35.2 Å². The van der Waals surface area contributed by atoms with Gasteiger partial charge in [-0.3, -0.25) is 0 Å². The highest BCUT2D eigenvalue weighted by Crippen LogP contribution is 2.18. The number of nitrogens with zero attached hydrogens (tertiary/aromatic N) is 1. The predicted octanol–water partition coefficient (Wildman–Crippen LogP) is 3.97. The lowest BCUT2D eigenvalue weighted by Gasteiger charge is -2.25. The molecule has 1 rings (SSSR count). The van der Waals surface area contributed by atoms with E-state index < -0.39 is 11.7 Å². The van der Waals surface area contributed by atoms with E-state index in [1.165, 1.54) is 4.90 Å². The highest BCUT2D eigenvalue weighted by atomic mass is 16.6. The van der Waals surface area contributed by atoms with Gasteiger partial charge in [0.2, 0.25) is 0 Å². The lowest BCUT2D eigenvalue weighted by molar-refractivity contribution is 0.0285. The molecule has 0 aromatic heterocycles. The number of hydrogen-bond donors (Lipinski definition) is 2. The van der Waals surface area contributed by atoms with E-state index in [4.69, 9.17) is 4.74 Å². The molecule has 0 aliphatic rings. The molecule has 2 N–H and O–H groups in total. The molecule has 0 aliphatic heterocycles. The maximum atomic E-state index is 12.1. The molecule has 0 aliphatic carbocycles. The number of amides is 3. The van der Waals surface area contributed by atoms with E-state index in [-0.39, 0.29) is 11.6 Å². The molecule has 0 heterocycles. The summed E-state index contributed by atoms with van der Waals surface area (Å²) >= 11 is 0. The molecule has 0 spiro atoms. The fraction of sp³-hybridized carbons (Fsp3) is 0.556. The van der Waals surface area contributed by atoms with Crippen molar-refractivity contribution < 1.29 is 14.3 Å². The summed E-state index contributed by atoms with van der Waals surface area (Å²) in [5.41, 5.74) is 0.617. The molecule has 0 unspecified atom stereocenters. The lowest BCUT2D eigenvalue weighted by atomic mass is 10.1. The third-order valence-corrected chi connectivity index (χ3v) is 2.87. The van der Waals surface area contributed by atoms with Crippen molar-refractivity contribution in [2.45, 2.75) is 59.2 Å². The van der Waals surface area contributed by atoms with Crippen LogP contribution in [0, 0.1) is 0 Å². The topological polar surface area (TPSA) is 70.7 Å². The number of hydrogen-bond acceptors (Lipinski definition) is 3. The molecule has 0 radical (unpaired) electrons. The van der Waals surface area contributed by atoms with Gasteiger partial charge < -0.3 is 20.3 Å². The van der Waals surface area contributed by atoms with Crippen molar-refractivity contribution >= 4 is 17.8 Å². The molecule has 0 saturated carbocycles. The molecular weight excluding hydrogens is 306 g/mol. The summed E-state index contributed by atoms with van der Waals surface area (Å²) in [5, 5.41) is 5.68. The van der Waals surface area contributed by atoms with Gasteiger partial charge in [0.15, 0.2) is 0 Å². The van der Waals surface area contributed by atoms with Gasteiger partial charge in [-0.2, -0.15) is 0 Å². The number of para-hydroxylation sites is 1. The van der Waals surface area contributed by atoms with E-state index in [0.29, 0.717) is 12.2 Å². The van der Waals surface area contributed by atoms with Crippen LogP contribution in [0.3, 0.4) is 0 Å². The van der Waals surface area contributed by atoms with Gasteiger partial charge in [-0.05, 0) is 53.2 Å². The van der Waals surface area contributed by atoms with Gasteiger partial charge in [0.25, 0.3) is 0 Å². The van der Waals surface area contributed by atoms with Crippen molar-refractivity contribution in [3.63, 3.8) is 0 Å². The SMILES string of the molecule is CN(Cc1ccccc1NC(=O)NC(C)(C)C)C(=O)OC(C)(C)C. The van der Waals surface area contributed by atoms with Gasteiger partial charge in [0.1, 0.15) is 5.60 Å². The third kappa shape index (κ3) is 7.35. The van der Waals surface area contributed by atoms with Crippen LogP contribution >= 0.6 is 0 Å². The monoisotopic (exact) mass is 335 g/mol.